The predicted molar refractivity (Wildman–Crippen MR) is 111 cm³/mol. The van der Waals surface area contributed by atoms with E-state index < -0.39 is 15.8 Å². The average Bonchev–Trinajstić information content (AvgIpc) is 3.47. The molecule has 0 unspecified atom stereocenters. The van der Waals surface area contributed by atoms with Gasteiger partial charge in [0.1, 0.15) is 5.57 Å². The van der Waals surface area contributed by atoms with Crippen LogP contribution in [0.1, 0.15) is 35.7 Å². The average molecular weight is 446 g/mol. The highest BCUT2D eigenvalue weighted by atomic mass is 35.5. The molecule has 0 aliphatic heterocycles. The van der Waals surface area contributed by atoms with Gasteiger partial charge in [-0.15, -0.1) is 11.8 Å². The van der Waals surface area contributed by atoms with Crippen LogP contribution in [0.25, 0.3) is 0 Å². The van der Waals surface area contributed by atoms with Crippen molar-refractivity contribution < 1.29 is 22.7 Å². The van der Waals surface area contributed by atoms with Crippen molar-refractivity contribution in [3.63, 3.8) is 0 Å². The number of nitrogens with zero attached hydrogens (tertiary/aromatic N) is 1. The lowest BCUT2D eigenvalue weighted by Gasteiger charge is -2.19. The molecule has 1 fully saturated rings. The maximum Gasteiger partial charge on any atom is 0.211 e. The number of sulfonamides is 1. The van der Waals surface area contributed by atoms with Gasteiger partial charge in [0.25, 0.3) is 0 Å². The molecule has 1 aliphatic rings. The normalized spacial score (nSPS) is 15.0. The fourth-order valence-corrected chi connectivity index (χ4v) is 4.04. The Morgan fingerprint density at radius 2 is 2.00 bits per heavy atom. The minimum Gasteiger partial charge on any atom is -0.501 e. The second kappa shape index (κ2) is 9.43. The Balaban J connectivity index is 2.50. The second-order valence-corrected chi connectivity index (χ2v) is 9.89. The van der Waals surface area contributed by atoms with Gasteiger partial charge in [0.05, 0.1) is 19.1 Å². The molecule has 0 aromatic heterocycles. The zero-order valence-electron chi connectivity index (χ0n) is 16.3. The molecule has 154 valence electrons. The van der Waals surface area contributed by atoms with Gasteiger partial charge in [-0.2, -0.15) is 0 Å². The summed E-state index contributed by atoms with van der Waals surface area (Å²) in [6.07, 6.45) is 5.67. The number of allylic oxidation sites excluding steroid dienone is 1. The van der Waals surface area contributed by atoms with E-state index in [0.717, 1.165) is 23.4 Å². The molecule has 2 rings (SSSR count). The van der Waals surface area contributed by atoms with Gasteiger partial charge in [-0.05, 0) is 38.2 Å². The molecule has 0 amide bonds. The van der Waals surface area contributed by atoms with Crippen LogP contribution < -0.4 is 0 Å². The first-order valence-electron chi connectivity index (χ1n) is 8.79. The van der Waals surface area contributed by atoms with Crippen molar-refractivity contribution in [1.82, 2.24) is 4.31 Å². The molecule has 1 aromatic carbocycles. The summed E-state index contributed by atoms with van der Waals surface area (Å²) >= 11 is 7.60. The molecule has 28 heavy (non-hydrogen) atoms. The summed E-state index contributed by atoms with van der Waals surface area (Å²) in [5.41, 5.74) is 0.862. The van der Waals surface area contributed by atoms with Gasteiger partial charge in [0.2, 0.25) is 15.8 Å². The van der Waals surface area contributed by atoms with Crippen molar-refractivity contribution in [1.29, 1.82) is 0 Å². The standard InChI is InChI=1S/C19H24ClNO5S2/c1-5-26-11-15(17(22)12-6-7-12)18(23)13-8-9-16(20)14(19(13)27-3)10-21(2)28(4,24)25/h8-9,11-12H,5-7,10H2,1-4H3. The van der Waals surface area contributed by atoms with Gasteiger partial charge in [0.15, 0.2) is 5.78 Å². The number of thioether (sulfide) groups is 1. The Kier molecular flexibility index (Phi) is 7.73. The minimum absolute atomic E-state index is 0.0180. The van der Waals surface area contributed by atoms with Gasteiger partial charge < -0.3 is 4.74 Å². The van der Waals surface area contributed by atoms with Gasteiger partial charge in [-0.25, -0.2) is 12.7 Å². The number of halogens is 1. The van der Waals surface area contributed by atoms with Crippen LogP contribution in [0, 0.1) is 5.92 Å². The van der Waals surface area contributed by atoms with E-state index in [2.05, 4.69) is 0 Å². The van der Waals surface area contributed by atoms with E-state index in [1.165, 1.54) is 25.1 Å². The van der Waals surface area contributed by atoms with Crippen LogP contribution in [-0.4, -0.2) is 50.5 Å². The molecule has 0 N–H and O–H groups in total. The Labute approximate surface area is 175 Å². The van der Waals surface area contributed by atoms with Gasteiger partial charge >= 0.3 is 0 Å². The molecule has 0 atom stereocenters. The molecule has 1 saturated carbocycles. The highest BCUT2D eigenvalue weighted by Crippen LogP contribution is 2.36. The van der Waals surface area contributed by atoms with Crippen molar-refractivity contribution in [2.75, 3.05) is 26.2 Å². The van der Waals surface area contributed by atoms with Crippen LogP contribution in [-0.2, 0) is 26.1 Å². The molecular formula is C19H24ClNO5S2. The predicted octanol–water partition coefficient (Wildman–Crippen LogP) is 3.54. The summed E-state index contributed by atoms with van der Waals surface area (Å²) in [7, 11) is -1.98. The van der Waals surface area contributed by atoms with E-state index in [1.54, 1.807) is 25.3 Å². The maximum atomic E-state index is 13.2. The van der Waals surface area contributed by atoms with E-state index in [-0.39, 0.29) is 23.8 Å². The van der Waals surface area contributed by atoms with Crippen molar-refractivity contribution in [2.45, 2.75) is 31.2 Å². The van der Waals surface area contributed by atoms with E-state index in [1.807, 2.05) is 0 Å². The van der Waals surface area contributed by atoms with Crippen LogP contribution in [0.5, 0.6) is 0 Å². The van der Waals surface area contributed by atoms with Gasteiger partial charge in [-0.1, -0.05) is 11.6 Å². The van der Waals surface area contributed by atoms with E-state index in [0.29, 0.717) is 27.7 Å². The fraction of sp³-hybridized carbons (Fsp3) is 0.474. The van der Waals surface area contributed by atoms with Crippen molar-refractivity contribution in [3.05, 3.63) is 40.1 Å². The molecule has 1 aliphatic carbocycles. The molecule has 0 spiro atoms. The highest BCUT2D eigenvalue weighted by Gasteiger charge is 2.36. The van der Waals surface area contributed by atoms with Crippen LogP contribution >= 0.6 is 23.4 Å². The minimum atomic E-state index is -3.43. The zero-order chi connectivity index (χ0) is 21.1. The fourth-order valence-electron chi connectivity index (χ4n) is 2.60. The van der Waals surface area contributed by atoms with Crippen molar-refractivity contribution in [2.24, 2.45) is 5.92 Å². The van der Waals surface area contributed by atoms with E-state index >= 15 is 0 Å². The van der Waals surface area contributed by atoms with Crippen LogP contribution in [0.15, 0.2) is 28.9 Å². The molecule has 0 bridgehead atoms. The number of rotatable bonds is 10. The Bertz CT molecular complexity index is 907. The Hall–Kier alpha value is -1.35. The summed E-state index contributed by atoms with van der Waals surface area (Å²) < 4.78 is 30.0. The maximum absolute atomic E-state index is 13.2. The first kappa shape index (κ1) is 22.9. The van der Waals surface area contributed by atoms with E-state index in [4.69, 9.17) is 16.3 Å². The van der Waals surface area contributed by atoms with Crippen molar-refractivity contribution in [3.8, 4) is 0 Å². The Morgan fingerprint density at radius 3 is 2.50 bits per heavy atom. The molecule has 0 heterocycles. The number of ether oxygens (including phenoxy) is 1. The van der Waals surface area contributed by atoms with Crippen LogP contribution in [0.3, 0.4) is 0 Å². The second-order valence-electron chi connectivity index (χ2n) is 6.58. The van der Waals surface area contributed by atoms with Gasteiger partial charge in [-0.3, -0.25) is 9.59 Å². The third kappa shape index (κ3) is 5.37. The molecule has 0 saturated heterocycles. The SMILES string of the molecule is CCOC=C(C(=O)c1ccc(Cl)c(CN(C)S(C)(=O)=O)c1SC)C(=O)C1CC1. The number of carbonyl (C=O) groups excluding carboxylic acids is 2. The summed E-state index contributed by atoms with van der Waals surface area (Å²) in [5, 5.41) is 0.361. The number of benzene rings is 1. The smallest absolute Gasteiger partial charge is 0.211 e. The van der Waals surface area contributed by atoms with Crippen LogP contribution in [0.2, 0.25) is 5.02 Å². The number of hydrogen-bond donors (Lipinski definition) is 0. The first-order chi connectivity index (χ1) is 13.1. The molecule has 6 nitrogen and oxygen atoms in total. The molecule has 1 aromatic rings. The third-order valence-electron chi connectivity index (χ3n) is 4.43. The number of Topliss-reactive ketones (excluding diaryl/α,β-unsaturated/α-hetero) is 2. The molecule has 9 heteroatoms. The Morgan fingerprint density at radius 1 is 1.36 bits per heavy atom. The number of ketones is 2. The topological polar surface area (TPSA) is 80.8 Å². The lowest BCUT2D eigenvalue weighted by molar-refractivity contribution is -0.116. The quantitative estimate of drug-likeness (QED) is 0.137. The number of hydrogen-bond acceptors (Lipinski definition) is 6. The van der Waals surface area contributed by atoms with Crippen molar-refractivity contribution >= 4 is 45.0 Å². The van der Waals surface area contributed by atoms with Gasteiger partial charge in [0, 0.05) is 40.6 Å². The summed E-state index contributed by atoms with van der Waals surface area (Å²) in [6, 6.07) is 3.13. The summed E-state index contributed by atoms with van der Waals surface area (Å²) in [4.78, 5) is 26.3. The lowest BCUT2D eigenvalue weighted by atomic mass is 9.97. The third-order valence-corrected chi connectivity index (χ3v) is 6.92. The van der Waals surface area contributed by atoms with E-state index in [9.17, 15) is 18.0 Å². The largest absolute Gasteiger partial charge is 0.501 e. The lowest BCUT2D eigenvalue weighted by Crippen LogP contribution is -2.26. The highest BCUT2D eigenvalue weighted by molar-refractivity contribution is 7.98. The number of carbonyl (C=O) groups is 2. The zero-order valence-corrected chi connectivity index (χ0v) is 18.7. The molecule has 0 radical (unpaired) electrons. The monoisotopic (exact) mass is 445 g/mol. The summed E-state index contributed by atoms with van der Waals surface area (Å²) in [5.74, 6) is -0.776. The summed E-state index contributed by atoms with van der Waals surface area (Å²) in [6.45, 7) is 2.14. The van der Waals surface area contributed by atoms with Crippen LogP contribution in [0.4, 0.5) is 0 Å². The first-order valence-corrected chi connectivity index (χ1v) is 12.2. The molecular weight excluding hydrogens is 422 g/mol.